The standard InChI is InChI=1S/C69H76BN2O/c1-40-19-18-20-41(2)60(40)43-34-47(46-37-51-52(68(12,13)31-30-67(51,10)11)38-54(46)71-44-23-24-48-50(36-44)66(8,9)28-27-64(48,4)5)62-57(35-43)72(56-39-53-49(33-42(56)3)65(6,7)29-32-69(53,14)15)55-25-26-59-61(63(55)70-62)45-21-16-17-22-58(45)73-59/h16-26,33-39,71H,27-32H2,1-15H3. The summed E-state index contributed by atoms with van der Waals surface area (Å²) in [5, 5.41) is 6.53. The van der Waals surface area contributed by atoms with Gasteiger partial charge in [-0.15, -0.1) is 0 Å². The Labute approximate surface area is 437 Å². The molecule has 0 atom stereocenters. The van der Waals surface area contributed by atoms with Crippen LogP contribution >= 0.6 is 0 Å². The molecule has 0 fully saturated rings. The fourth-order valence-electron chi connectivity index (χ4n) is 14.0. The summed E-state index contributed by atoms with van der Waals surface area (Å²) in [6, 6.07) is 42.6. The van der Waals surface area contributed by atoms with Crippen molar-refractivity contribution in [2.24, 2.45) is 0 Å². The minimum absolute atomic E-state index is 0.00508. The van der Waals surface area contributed by atoms with Crippen molar-refractivity contribution in [2.45, 2.75) is 175 Å². The molecule has 4 aliphatic rings. The average molecular weight is 960 g/mol. The molecular formula is C69H76BN2O. The minimum Gasteiger partial charge on any atom is -0.456 e. The van der Waals surface area contributed by atoms with E-state index in [0.717, 1.165) is 52.6 Å². The highest BCUT2D eigenvalue weighted by atomic mass is 16.3. The van der Waals surface area contributed by atoms with Crippen LogP contribution in [0.1, 0.15) is 172 Å². The van der Waals surface area contributed by atoms with Crippen molar-refractivity contribution in [3.05, 3.63) is 159 Å². The highest BCUT2D eigenvalue weighted by Crippen LogP contribution is 2.54. The Morgan fingerprint density at radius 3 is 1.64 bits per heavy atom. The van der Waals surface area contributed by atoms with Gasteiger partial charge in [-0.05, 0) is 230 Å². The Hall–Kier alpha value is -6.00. The largest absolute Gasteiger partial charge is 0.456 e. The second-order valence-corrected chi connectivity index (χ2v) is 27.0. The van der Waals surface area contributed by atoms with Crippen LogP contribution < -0.4 is 21.1 Å². The number of hydrogen-bond acceptors (Lipinski definition) is 3. The summed E-state index contributed by atoms with van der Waals surface area (Å²) in [5.74, 6) is 0. The molecule has 1 N–H and O–H groups in total. The summed E-state index contributed by atoms with van der Waals surface area (Å²) in [7, 11) is 2.53. The molecule has 3 nitrogen and oxygen atoms in total. The van der Waals surface area contributed by atoms with Crippen molar-refractivity contribution in [1.29, 1.82) is 0 Å². The lowest BCUT2D eigenvalue weighted by atomic mass is 9.56. The van der Waals surface area contributed by atoms with Crippen LogP contribution in [0.25, 0.3) is 44.2 Å². The summed E-state index contributed by atoms with van der Waals surface area (Å²) in [6.07, 6.45) is 6.98. The molecule has 8 aromatic rings. The smallest absolute Gasteiger partial charge is 0.198 e. The van der Waals surface area contributed by atoms with E-state index in [2.05, 4.69) is 231 Å². The lowest BCUT2D eigenvalue weighted by Crippen LogP contribution is -2.42. The Morgan fingerprint density at radius 1 is 0.438 bits per heavy atom. The van der Waals surface area contributed by atoms with Gasteiger partial charge < -0.3 is 14.6 Å². The molecule has 0 amide bonds. The van der Waals surface area contributed by atoms with Crippen LogP contribution in [0.4, 0.5) is 28.4 Å². The molecule has 0 saturated heterocycles. The van der Waals surface area contributed by atoms with Gasteiger partial charge in [0, 0.05) is 44.8 Å². The van der Waals surface area contributed by atoms with Crippen LogP contribution in [0.2, 0.25) is 0 Å². The zero-order valence-corrected chi connectivity index (χ0v) is 46.6. The van der Waals surface area contributed by atoms with E-state index in [4.69, 9.17) is 4.42 Å². The SMILES string of the molecule is Cc1cc2c(cc1N1c3cc(-c4c(C)cccc4C)cc(-c4cc5c(cc4Nc4ccc6c(c4)C(C)(C)CCC6(C)C)C(C)(C)CCC5(C)C)c3[B]c3c1ccc1oc4ccccc4c31)C(C)(C)CCC2(C)C. The number of rotatable bonds is 5. The van der Waals surface area contributed by atoms with E-state index in [1.54, 1.807) is 0 Å². The van der Waals surface area contributed by atoms with Crippen LogP contribution in [0.5, 0.6) is 0 Å². The third-order valence-electron chi connectivity index (χ3n) is 19.1. The Kier molecular flexibility index (Phi) is 10.5. The third kappa shape index (κ3) is 7.49. The van der Waals surface area contributed by atoms with Gasteiger partial charge in [-0.3, -0.25) is 0 Å². The number of para-hydroxylation sites is 1. The van der Waals surface area contributed by atoms with E-state index in [9.17, 15) is 0 Å². The molecule has 1 radical (unpaired) electrons. The fourth-order valence-corrected chi connectivity index (χ4v) is 14.0. The molecule has 7 aromatic carbocycles. The Balaban J connectivity index is 1.20. The number of benzene rings is 7. The highest BCUT2D eigenvalue weighted by Gasteiger charge is 2.42. The molecular weight excluding hydrogens is 884 g/mol. The second-order valence-electron chi connectivity index (χ2n) is 27.0. The molecule has 73 heavy (non-hydrogen) atoms. The highest BCUT2D eigenvalue weighted by molar-refractivity contribution is 6.76. The minimum atomic E-state index is -0.00508. The number of furan rings is 1. The van der Waals surface area contributed by atoms with Crippen molar-refractivity contribution < 1.29 is 4.42 Å². The predicted molar refractivity (Wildman–Crippen MR) is 314 cm³/mol. The molecule has 0 unspecified atom stereocenters. The second kappa shape index (κ2) is 16.0. The quantitative estimate of drug-likeness (QED) is 0.174. The van der Waals surface area contributed by atoms with Crippen LogP contribution in [0.15, 0.2) is 114 Å². The molecule has 1 aliphatic heterocycles. The maximum absolute atomic E-state index is 6.72. The number of nitrogens with zero attached hydrogens (tertiary/aromatic N) is 1. The van der Waals surface area contributed by atoms with E-state index < -0.39 is 0 Å². The van der Waals surface area contributed by atoms with E-state index in [-0.39, 0.29) is 32.5 Å². The lowest BCUT2D eigenvalue weighted by Gasteiger charge is -2.44. The van der Waals surface area contributed by atoms with Crippen molar-refractivity contribution >= 4 is 68.6 Å². The Morgan fingerprint density at radius 2 is 1.00 bits per heavy atom. The molecule has 0 saturated carbocycles. The summed E-state index contributed by atoms with van der Waals surface area (Å²) in [5.41, 5.74) is 28.2. The number of fused-ring (bicyclic) bond motifs is 9. The van der Waals surface area contributed by atoms with Crippen LogP contribution in [-0.4, -0.2) is 7.28 Å². The average Bonchev–Trinajstić information content (AvgIpc) is 3.72. The predicted octanol–water partition coefficient (Wildman–Crippen LogP) is 18.1. The maximum Gasteiger partial charge on any atom is 0.198 e. The van der Waals surface area contributed by atoms with Gasteiger partial charge in [0.05, 0.1) is 0 Å². The van der Waals surface area contributed by atoms with Crippen LogP contribution in [-0.2, 0) is 32.5 Å². The number of aryl methyl sites for hydroxylation is 3. The van der Waals surface area contributed by atoms with Crippen LogP contribution in [0, 0.1) is 20.8 Å². The molecule has 0 bridgehead atoms. The normalized spacial score (nSPS) is 19.3. The maximum atomic E-state index is 6.72. The number of anilines is 5. The van der Waals surface area contributed by atoms with Crippen molar-refractivity contribution in [3.8, 4) is 22.3 Å². The zero-order chi connectivity index (χ0) is 51.5. The van der Waals surface area contributed by atoms with E-state index in [1.165, 1.54) is 120 Å². The molecule has 371 valence electrons. The molecule has 3 aliphatic carbocycles. The summed E-state index contributed by atoms with van der Waals surface area (Å²) >= 11 is 0. The number of nitrogens with one attached hydrogen (secondary N) is 1. The molecule has 12 rings (SSSR count). The summed E-state index contributed by atoms with van der Waals surface area (Å²) in [4.78, 5) is 2.64. The van der Waals surface area contributed by atoms with Gasteiger partial charge in [-0.25, -0.2) is 0 Å². The van der Waals surface area contributed by atoms with Gasteiger partial charge in [-0.2, -0.15) is 0 Å². The van der Waals surface area contributed by atoms with Gasteiger partial charge >= 0.3 is 0 Å². The molecule has 1 aromatic heterocycles. The monoisotopic (exact) mass is 960 g/mol. The summed E-state index contributed by atoms with van der Waals surface area (Å²) in [6.45, 7) is 36.3. The van der Waals surface area contributed by atoms with Crippen LogP contribution in [0.3, 0.4) is 0 Å². The topological polar surface area (TPSA) is 28.4 Å². The van der Waals surface area contributed by atoms with Gasteiger partial charge in [0.2, 0.25) is 0 Å². The van der Waals surface area contributed by atoms with Crippen molar-refractivity contribution in [2.75, 3.05) is 10.2 Å². The van der Waals surface area contributed by atoms with Gasteiger partial charge in [0.25, 0.3) is 0 Å². The first-order chi connectivity index (χ1) is 34.3. The van der Waals surface area contributed by atoms with Gasteiger partial charge in [0.1, 0.15) is 11.2 Å². The zero-order valence-electron chi connectivity index (χ0n) is 46.6. The van der Waals surface area contributed by atoms with Gasteiger partial charge in [0.15, 0.2) is 7.28 Å². The number of hydrogen-bond donors (Lipinski definition) is 1. The molecule has 2 heterocycles. The van der Waals surface area contributed by atoms with E-state index >= 15 is 0 Å². The Bertz CT molecular complexity index is 3610. The molecule has 4 heteroatoms. The van der Waals surface area contributed by atoms with E-state index in [0.29, 0.717) is 0 Å². The third-order valence-corrected chi connectivity index (χ3v) is 19.1. The van der Waals surface area contributed by atoms with E-state index in [1.807, 2.05) is 0 Å². The first-order valence-corrected chi connectivity index (χ1v) is 27.5. The summed E-state index contributed by atoms with van der Waals surface area (Å²) < 4.78 is 6.72. The lowest BCUT2D eigenvalue weighted by molar-refractivity contribution is 0.332. The first-order valence-electron chi connectivity index (χ1n) is 27.5. The van der Waals surface area contributed by atoms with Crippen molar-refractivity contribution in [1.82, 2.24) is 0 Å². The van der Waals surface area contributed by atoms with Crippen molar-refractivity contribution in [3.63, 3.8) is 0 Å². The fraction of sp³-hybridized carbons (Fsp3) is 0.391. The first kappa shape index (κ1) is 48.0. The van der Waals surface area contributed by atoms with Gasteiger partial charge in [-0.1, -0.05) is 132 Å². The molecule has 0 spiro atoms.